The molecule has 24 heavy (non-hydrogen) atoms. The smallest absolute Gasteiger partial charge is 0.305 e. The topological polar surface area (TPSA) is 113 Å². The molecule has 9 heteroatoms. The van der Waals surface area contributed by atoms with Crippen molar-refractivity contribution in [2.24, 2.45) is 0 Å². The molecular weight excluding hydrogens is 312 g/mol. The molecule has 2 heterocycles. The fraction of sp³-hybridized carbons (Fsp3) is 0.267. The minimum absolute atomic E-state index is 0.00892. The van der Waals surface area contributed by atoms with E-state index < -0.39 is 4.92 Å². The molecule has 3 rings (SSSR count). The van der Waals surface area contributed by atoms with Gasteiger partial charge in [-0.3, -0.25) is 14.9 Å². The number of hydrogen-bond acceptors (Lipinski definition) is 7. The van der Waals surface area contributed by atoms with Gasteiger partial charge in [0, 0.05) is 37.4 Å². The first-order valence-corrected chi connectivity index (χ1v) is 7.47. The molecule has 1 aliphatic heterocycles. The van der Waals surface area contributed by atoms with Crippen LogP contribution in [0.15, 0.2) is 36.7 Å². The van der Waals surface area contributed by atoms with Gasteiger partial charge in [0.1, 0.15) is 12.4 Å². The second kappa shape index (κ2) is 7.01. The lowest BCUT2D eigenvalue weighted by Gasteiger charge is -2.27. The molecule has 2 N–H and O–H groups in total. The molecule has 2 aromatic rings. The van der Waals surface area contributed by atoms with E-state index in [0.29, 0.717) is 24.3 Å². The quantitative estimate of drug-likeness (QED) is 0.640. The first-order chi connectivity index (χ1) is 11.6. The van der Waals surface area contributed by atoms with Crippen molar-refractivity contribution in [3.63, 3.8) is 0 Å². The lowest BCUT2D eigenvalue weighted by molar-refractivity contribution is -0.385. The summed E-state index contributed by atoms with van der Waals surface area (Å²) < 4.78 is 0. The van der Waals surface area contributed by atoms with E-state index in [1.807, 2.05) is 4.90 Å². The molecule has 0 bridgehead atoms. The molecule has 0 unspecified atom stereocenters. The van der Waals surface area contributed by atoms with Crippen molar-refractivity contribution in [2.45, 2.75) is 0 Å². The zero-order valence-corrected chi connectivity index (χ0v) is 12.8. The zero-order chi connectivity index (χ0) is 16.9. The van der Waals surface area contributed by atoms with Gasteiger partial charge in [-0.05, 0) is 24.3 Å². The Kier molecular flexibility index (Phi) is 4.62. The largest absolute Gasteiger partial charge is 0.336 e. The Hall–Kier alpha value is -3.07. The molecule has 1 amide bonds. The number of benzene rings is 1. The Morgan fingerprint density at radius 1 is 1.17 bits per heavy atom. The fourth-order valence-corrected chi connectivity index (χ4v) is 2.36. The number of carbonyl (C=O) groups excluding carboxylic acids is 1. The van der Waals surface area contributed by atoms with Crippen molar-refractivity contribution in [1.29, 1.82) is 0 Å². The van der Waals surface area contributed by atoms with Gasteiger partial charge in [-0.15, -0.1) is 0 Å². The lowest BCUT2D eigenvalue weighted by atomic mass is 10.1. The molecule has 1 aliphatic rings. The van der Waals surface area contributed by atoms with E-state index in [-0.39, 0.29) is 17.5 Å². The van der Waals surface area contributed by atoms with Gasteiger partial charge in [-0.2, -0.15) is 0 Å². The number of rotatable bonds is 4. The van der Waals surface area contributed by atoms with E-state index in [1.165, 1.54) is 0 Å². The average molecular weight is 328 g/mol. The van der Waals surface area contributed by atoms with Gasteiger partial charge in [0.25, 0.3) is 5.91 Å². The third-order valence-corrected chi connectivity index (χ3v) is 3.64. The maximum absolute atomic E-state index is 12.4. The van der Waals surface area contributed by atoms with E-state index in [2.05, 4.69) is 20.6 Å². The van der Waals surface area contributed by atoms with Crippen LogP contribution in [0, 0.1) is 10.1 Å². The van der Waals surface area contributed by atoms with Crippen molar-refractivity contribution in [1.82, 2.24) is 20.2 Å². The van der Waals surface area contributed by atoms with E-state index in [9.17, 15) is 14.9 Å². The minimum Gasteiger partial charge on any atom is -0.336 e. The van der Waals surface area contributed by atoms with Crippen molar-refractivity contribution < 1.29 is 9.72 Å². The van der Waals surface area contributed by atoms with Gasteiger partial charge in [-0.25, -0.2) is 9.97 Å². The number of nitrogens with zero attached hydrogens (tertiary/aromatic N) is 4. The van der Waals surface area contributed by atoms with E-state index >= 15 is 0 Å². The molecule has 0 atom stereocenters. The second-order valence-electron chi connectivity index (χ2n) is 5.27. The van der Waals surface area contributed by atoms with Gasteiger partial charge in [0.05, 0.1) is 4.92 Å². The van der Waals surface area contributed by atoms with Crippen molar-refractivity contribution in [3.05, 3.63) is 52.3 Å². The molecule has 0 spiro atoms. The number of nitrogens with one attached hydrogen (secondary N) is 2. The monoisotopic (exact) mass is 328 g/mol. The molecule has 1 saturated heterocycles. The number of amides is 1. The van der Waals surface area contributed by atoms with Crippen LogP contribution in [0.3, 0.4) is 0 Å². The Morgan fingerprint density at radius 2 is 1.79 bits per heavy atom. The fourth-order valence-electron chi connectivity index (χ4n) is 2.36. The van der Waals surface area contributed by atoms with Crippen LogP contribution < -0.4 is 10.6 Å². The molecule has 0 aliphatic carbocycles. The van der Waals surface area contributed by atoms with Crippen LogP contribution in [0.2, 0.25) is 0 Å². The Morgan fingerprint density at radius 3 is 2.38 bits per heavy atom. The molecule has 1 aromatic heterocycles. The summed E-state index contributed by atoms with van der Waals surface area (Å²) >= 11 is 0. The molecule has 124 valence electrons. The number of hydrogen-bond donors (Lipinski definition) is 2. The van der Waals surface area contributed by atoms with E-state index in [0.717, 1.165) is 25.5 Å². The van der Waals surface area contributed by atoms with Crippen LogP contribution in [0.5, 0.6) is 0 Å². The number of piperazine rings is 1. The minimum atomic E-state index is -0.555. The molecule has 0 saturated carbocycles. The Bertz CT molecular complexity index is 726. The summed E-state index contributed by atoms with van der Waals surface area (Å²) in [6.45, 7) is 3.02. The normalized spacial score (nSPS) is 14.2. The van der Waals surface area contributed by atoms with E-state index in [1.54, 1.807) is 24.3 Å². The van der Waals surface area contributed by atoms with Crippen molar-refractivity contribution in [3.8, 4) is 0 Å². The lowest BCUT2D eigenvalue weighted by Crippen LogP contribution is -2.46. The maximum atomic E-state index is 12.4. The standard InChI is InChI=1S/C15H16N6O3/c22-14(20-7-5-16-6-8-20)11-1-3-12(4-2-11)19-15-17-9-13(10-18-15)21(23)24/h1-4,9-10,16H,5-8H2,(H,17,18,19). The molecule has 9 nitrogen and oxygen atoms in total. The SMILES string of the molecule is O=C(c1ccc(Nc2ncc([N+](=O)[O-])cn2)cc1)N1CCNCC1. The highest BCUT2D eigenvalue weighted by Crippen LogP contribution is 2.16. The Labute approximate surface area is 137 Å². The van der Waals surface area contributed by atoms with Crippen LogP contribution >= 0.6 is 0 Å². The molecule has 1 fully saturated rings. The van der Waals surface area contributed by atoms with Crippen LogP contribution in [-0.2, 0) is 0 Å². The summed E-state index contributed by atoms with van der Waals surface area (Å²) in [6.07, 6.45) is 2.27. The first kappa shape index (κ1) is 15.8. The van der Waals surface area contributed by atoms with Crippen molar-refractivity contribution >= 4 is 23.2 Å². The summed E-state index contributed by atoms with van der Waals surface area (Å²) in [5, 5.41) is 16.7. The third kappa shape index (κ3) is 3.63. The highest BCUT2D eigenvalue weighted by molar-refractivity contribution is 5.94. The van der Waals surface area contributed by atoms with Gasteiger partial charge < -0.3 is 15.5 Å². The Balaban J connectivity index is 1.65. The number of anilines is 2. The summed E-state index contributed by atoms with van der Waals surface area (Å²) in [5.41, 5.74) is 1.14. The number of carbonyl (C=O) groups is 1. The summed E-state index contributed by atoms with van der Waals surface area (Å²) in [6, 6.07) is 6.97. The van der Waals surface area contributed by atoms with Gasteiger partial charge in [0.2, 0.25) is 5.95 Å². The zero-order valence-electron chi connectivity index (χ0n) is 12.8. The van der Waals surface area contributed by atoms with E-state index in [4.69, 9.17) is 0 Å². The summed E-state index contributed by atoms with van der Waals surface area (Å²) in [5.74, 6) is 0.261. The third-order valence-electron chi connectivity index (χ3n) is 3.64. The number of nitro groups is 1. The van der Waals surface area contributed by atoms with Crippen molar-refractivity contribution in [2.75, 3.05) is 31.5 Å². The average Bonchev–Trinajstić information content (AvgIpc) is 2.63. The summed E-state index contributed by atoms with van der Waals surface area (Å²) in [4.78, 5) is 32.0. The first-order valence-electron chi connectivity index (χ1n) is 7.47. The van der Waals surface area contributed by atoms with Gasteiger partial charge in [0.15, 0.2) is 0 Å². The summed E-state index contributed by atoms with van der Waals surface area (Å²) in [7, 11) is 0. The second-order valence-corrected chi connectivity index (χ2v) is 5.27. The van der Waals surface area contributed by atoms with Crippen LogP contribution in [0.25, 0.3) is 0 Å². The highest BCUT2D eigenvalue weighted by Gasteiger charge is 2.17. The predicted molar refractivity (Wildman–Crippen MR) is 87.2 cm³/mol. The van der Waals surface area contributed by atoms with Crippen LogP contribution in [-0.4, -0.2) is 51.9 Å². The van der Waals surface area contributed by atoms with Gasteiger partial charge in [-0.1, -0.05) is 0 Å². The molecular formula is C15H16N6O3. The predicted octanol–water partition coefficient (Wildman–Crippen LogP) is 1.17. The molecule has 0 radical (unpaired) electrons. The molecule has 1 aromatic carbocycles. The maximum Gasteiger partial charge on any atom is 0.305 e. The van der Waals surface area contributed by atoms with Crippen LogP contribution in [0.4, 0.5) is 17.3 Å². The highest BCUT2D eigenvalue weighted by atomic mass is 16.6. The van der Waals surface area contributed by atoms with Crippen LogP contribution in [0.1, 0.15) is 10.4 Å². The number of aromatic nitrogens is 2. The van der Waals surface area contributed by atoms with Gasteiger partial charge >= 0.3 is 5.69 Å².